The molecule has 0 unspecified atom stereocenters. The number of benzene rings is 1. The molecule has 0 aliphatic rings. The molecule has 1 heterocycles. The number of thiophene rings is 1. The third kappa shape index (κ3) is 3.27. The maximum atomic E-state index is 6.30. The van der Waals surface area contributed by atoms with Gasteiger partial charge in [0.05, 0.1) is 9.90 Å². The van der Waals surface area contributed by atoms with E-state index in [2.05, 4.69) is 31.3 Å². The van der Waals surface area contributed by atoms with Gasteiger partial charge in [0.1, 0.15) is 0 Å². The highest BCUT2D eigenvalue weighted by Gasteiger charge is 2.08. The van der Waals surface area contributed by atoms with Gasteiger partial charge in [-0.3, -0.25) is 0 Å². The monoisotopic (exact) mass is 299 g/mol. The smallest absolute Gasteiger partial charge is 0.0592 e. The van der Waals surface area contributed by atoms with E-state index in [1.807, 2.05) is 17.5 Å². The van der Waals surface area contributed by atoms with Gasteiger partial charge in [-0.25, -0.2) is 0 Å². The third-order valence-electron chi connectivity index (χ3n) is 2.63. The molecule has 0 radical (unpaired) electrons. The topological polar surface area (TPSA) is 12.0 Å². The molecule has 0 saturated carbocycles. The Morgan fingerprint density at radius 3 is 2.50 bits per heavy atom. The van der Waals surface area contributed by atoms with Crippen molar-refractivity contribution in [1.82, 2.24) is 5.32 Å². The van der Waals surface area contributed by atoms with Crippen molar-refractivity contribution in [2.24, 2.45) is 0 Å². The van der Waals surface area contributed by atoms with Crippen LogP contribution in [0.4, 0.5) is 0 Å². The van der Waals surface area contributed by atoms with Gasteiger partial charge in [-0.1, -0.05) is 49.2 Å². The lowest BCUT2D eigenvalue weighted by Crippen LogP contribution is -2.21. The van der Waals surface area contributed by atoms with E-state index in [1.165, 1.54) is 0 Å². The van der Waals surface area contributed by atoms with E-state index < -0.39 is 0 Å². The van der Waals surface area contributed by atoms with Crippen LogP contribution in [0.15, 0.2) is 29.6 Å². The van der Waals surface area contributed by atoms with Gasteiger partial charge in [-0.2, -0.15) is 0 Å². The summed E-state index contributed by atoms with van der Waals surface area (Å²) in [4.78, 5) is 1.07. The van der Waals surface area contributed by atoms with Crippen LogP contribution in [0, 0.1) is 0 Å². The molecule has 2 aromatic rings. The average molecular weight is 300 g/mol. The van der Waals surface area contributed by atoms with Crippen molar-refractivity contribution >= 4 is 34.5 Å². The minimum Gasteiger partial charge on any atom is -0.310 e. The van der Waals surface area contributed by atoms with Gasteiger partial charge < -0.3 is 5.32 Å². The van der Waals surface area contributed by atoms with E-state index >= 15 is 0 Å². The van der Waals surface area contributed by atoms with Gasteiger partial charge in [0.25, 0.3) is 0 Å². The van der Waals surface area contributed by atoms with E-state index in [0.717, 1.165) is 32.6 Å². The van der Waals surface area contributed by atoms with Crippen molar-refractivity contribution in [2.75, 3.05) is 0 Å². The molecule has 0 atom stereocenters. The number of nitrogens with one attached hydrogen (secondary N) is 1. The first-order valence-corrected chi connectivity index (χ1v) is 7.46. The largest absolute Gasteiger partial charge is 0.310 e. The molecule has 1 aromatic heterocycles. The fraction of sp³-hybridized carbons (Fsp3) is 0.286. The van der Waals surface area contributed by atoms with Crippen molar-refractivity contribution in [3.8, 4) is 10.4 Å². The summed E-state index contributed by atoms with van der Waals surface area (Å²) in [5.41, 5.74) is 2.19. The Hall–Kier alpha value is -0.540. The predicted molar refractivity (Wildman–Crippen MR) is 81.8 cm³/mol. The quantitative estimate of drug-likeness (QED) is 0.816. The molecular weight excluding hydrogens is 285 g/mol. The van der Waals surface area contributed by atoms with Crippen LogP contribution in [-0.2, 0) is 6.54 Å². The lowest BCUT2D eigenvalue weighted by molar-refractivity contribution is 0.589. The van der Waals surface area contributed by atoms with Crippen molar-refractivity contribution in [3.63, 3.8) is 0 Å². The standard InChI is InChI=1S/C14H15Cl2NS/c1-9(2)17-8-11-4-3-10(7-13(11)16)14-12(15)5-6-18-14/h3-7,9,17H,8H2,1-2H3. The predicted octanol–water partition coefficient (Wildman–Crippen LogP) is 5.22. The molecule has 1 aromatic carbocycles. The van der Waals surface area contributed by atoms with Crippen LogP contribution >= 0.6 is 34.5 Å². The molecular formula is C14H15Cl2NS. The van der Waals surface area contributed by atoms with Crippen LogP contribution in [0.1, 0.15) is 19.4 Å². The molecule has 0 fully saturated rings. The number of rotatable bonds is 4. The number of hydrogen-bond donors (Lipinski definition) is 1. The first-order valence-electron chi connectivity index (χ1n) is 5.83. The zero-order valence-corrected chi connectivity index (χ0v) is 12.7. The maximum Gasteiger partial charge on any atom is 0.0592 e. The second-order valence-electron chi connectivity index (χ2n) is 4.44. The normalized spacial score (nSPS) is 11.2. The summed E-state index contributed by atoms with van der Waals surface area (Å²) in [5, 5.41) is 6.91. The molecule has 0 saturated heterocycles. The van der Waals surface area contributed by atoms with Crippen molar-refractivity contribution in [1.29, 1.82) is 0 Å². The van der Waals surface area contributed by atoms with Crippen molar-refractivity contribution < 1.29 is 0 Å². The highest BCUT2D eigenvalue weighted by atomic mass is 35.5. The third-order valence-corrected chi connectivity index (χ3v) is 4.38. The van der Waals surface area contributed by atoms with Gasteiger partial charge >= 0.3 is 0 Å². The molecule has 0 spiro atoms. The highest BCUT2D eigenvalue weighted by Crippen LogP contribution is 2.35. The fourth-order valence-electron chi connectivity index (χ4n) is 1.65. The zero-order valence-electron chi connectivity index (χ0n) is 10.3. The first-order chi connectivity index (χ1) is 8.58. The second kappa shape index (κ2) is 6.07. The summed E-state index contributed by atoms with van der Waals surface area (Å²) in [5.74, 6) is 0. The van der Waals surface area contributed by atoms with Crippen LogP contribution in [-0.4, -0.2) is 6.04 Å². The van der Waals surface area contributed by atoms with E-state index in [4.69, 9.17) is 23.2 Å². The summed E-state index contributed by atoms with van der Waals surface area (Å²) in [6.45, 7) is 5.02. The minimum absolute atomic E-state index is 0.451. The summed E-state index contributed by atoms with van der Waals surface area (Å²) >= 11 is 14.1. The maximum absolute atomic E-state index is 6.30. The van der Waals surface area contributed by atoms with Crippen LogP contribution < -0.4 is 5.32 Å². The van der Waals surface area contributed by atoms with Crippen molar-refractivity contribution in [2.45, 2.75) is 26.4 Å². The Labute approximate surface area is 122 Å². The highest BCUT2D eigenvalue weighted by molar-refractivity contribution is 7.14. The summed E-state index contributed by atoms with van der Waals surface area (Å²) in [6.07, 6.45) is 0. The Bertz CT molecular complexity index is 534. The summed E-state index contributed by atoms with van der Waals surface area (Å²) < 4.78 is 0. The Morgan fingerprint density at radius 2 is 1.94 bits per heavy atom. The van der Waals surface area contributed by atoms with E-state index in [0.29, 0.717) is 6.04 Å². The first kappa shape index (κ1) is 13.9. The molecule has 0 amide bonds. The Kier molecular flexibility index (Phi) is 4.68. The van der Waals surface area contributed by atoms with Gasteiger partial charge in [0.2, 0.25) is 0 Å². The fourth-order valence-corrected chi connectivity index (χ4v) is 3.06. The molecule has 1 N–H and O–H groups in total. The minimum atomic E-state index is 0.451. The molecule has 4 heteroatoms. The van der Waals surface area contributed by atoms with Gasteiger partial charge in [0, 0.05) is 17.6 Å². The van der Waals surface area contributed by atoms with Gasteiger partial charge in [-0.05, 0) is 28.6 Å². The lowest BCUT2D eigenvalue weighted by Gasteiger charge is -2.10. The van der Waals surface area contributed by atoms with Crippen LogP contribution in [0.3, 0.4) is 0 Å². The SMILES string of the molecule is CC(C)NCc1ccc(-c2sccc2Cl)cc1Cl. The number of hydrogen-bond acceptors (Lipinski definition) is 2. The van der Waals surface area contributed by atoms with Crippen molar-refractivity contribution in [3.05, 3.63) is 45.3 Å². The van der Waals surface area contributed by atoms with Gasteiger partial charge in [0.15, 0.2) is 0 Å². The molecule has 0 aliphatic heterocycles. The molecule has 0 aliphatic carbocycles. The summed E-state index contributed by atoms with van der Waals surface area (Å²) in [6, 6.07) is 8.47. The molecule has 96 valence electrons. The second-order valence-corrected chi connectivity index (χ2v) is 6.17. The summed E-state index contributed by atoms with van der Waals surface area (Å²) in [7, 11) is 0. The molecule has 18 heavy (non-hydrogen) atoms. The van der Waals surface area contributed by atoms with Gasteiger partial charge in [-0.15, -0.1) is 11.3 Å². The van der Waals surface area contributed by atoms with Crippen LogP contribution in [0.25, 0.3) is 10.4 Å². The zero-order chi connectivity index (χ0) is 13.1. The van der Waals surface area contributed by atoms with E-state index in [9.17, 15) is 0 Å². The van der Waals surface area contributed by atoms with E-state index in [-0.39, 0.29) is 0 Å². The molecule has 0 bridgehead atoms. The van der Waals surface area contributed by atoms with E-state index in [1.54, 1.807) is 11.3 Å². The number of halogens is 2. The van der Waals surface area contributed by atoms with Crippen LogP contribution in [0.5, 0.6) is 0 Å². The Morgan fingerprint density at radius 1 is 1.17 bits per heavy atom. The molecule has 2 rings (SSSR count). The van der Waals surface area contributed by atoms with Crippen LogP contribution in [0.2, 0.25) is 10.0 Å². The Balaban J connectivity index is 2.22. The average Bonchev–Trinajstić information content (AvgIpc) is 2.73. The molecule has 1 nitrogen and oxygen atoms in total. The lowest BCUT2D eigenvalue weighted by atomic mass is 10.1.